The van der Waals surface area contributed by atoms with E-state index < -0.39 is 5.60 Å². The molecule has 1 aromatic rings. The van der Waals surface area contributed by atoms with E-state index in [2.05, 4.69) is 31.7 Å². The monoisotopic (exact) mass is 548 g/mol. The number of carbonyl (C=O) groups is 1. The molecule has 0 saturated carbocycles. The maximum atomic E-state index is 12.5. The molecule has 2 unspecified atom stereocenters. The van der Waals surface area contributed by atoms with E-state index in [9.17, 15) is 4.79 Å². The second-order valence-electron chi connectivity index (χ2n) is 9.38. The van der Waals surface area contributed by atoms with Gasteiger partial charge in [-0.15, -0.1) is 24.0 Å². The quantitative estimate of drug-likeness (QED) is 0.252. The van der Waals surface area contributed by atoms with Gasteiger partial charge in [0, 0.05) is 51.7 Å². The summed E-state index contributed by atoms with van der Waals surface area (Å²) in [6.07, 6.45) is 7.46. The van der Waals surface area contributed by atoms with Crippen LogP contribution in [0.15, 0.2) is 23.7 Å². The zero-order valence-electron chi connectivity index (χ0n) is 20.2. The van der Waals surface area contributed by atoms with Gasteiger partial charge in [-0.3, -0.25) is 4.99 Å². The van der Waals surface area contributed by atoms with E-state index in [1.165, 1.54) is 0 Å². The maximum absolute atomic E-state index is 12.5. The Morgan fingerprint density at radius 3 is 2.65 bits per heavy atom. The molecule has 2 atom stereocenters. The molecule has 8 nitrogen and oxygen atoms in total. The van der Waals surface area contributed by atoms with Crippen LogP contribution in [-0.4, -0.2) is 76.3 Å². The van der Waals surface area contributed by atoms with Crippen molar-refractivity contribution < 1.29 is 9.53 Å². The number of hydrogen-bond acceptors (Lipinski definition) is 4. The molecular weight excluding hydrogens is 507 g/mol. The number of halogens is 1. The Balaban J connectivity index is 0.00000480. The third-order valence-electron chi connectivity index (χ3n) is 5.45. The van der Waals surface area contributed by atoms with E-state index in [0.717, 1.165) is 38.4 Å². The van der Waals surface area contributed by atoms with E-state index in [0.29, 0.717) is 18.5 Å². The van der Waals surface area contributed by atoms with Crippen LogP contribution in [0, 0.1) is 5.92 Å². The standard InChI is InChI=1S/C22H40N6O2.HI/c1-17(2)28(21(29)30-22(4,5)6)12-8-10-25-20(23-7)26-13-9-18(3)19(15-26)27-14-11-24-16-27;/h11,14,16-19H,8-10,12-13,15H2,1-7H3,(H,23,25);1H. The number of imidazole rings is 1. The highest BCUT2D eigenvalue weighted by Crippen LogP contribution is 2.27. The number of hydrogen-bond donors (Lipinski definition) is 1. The van der Waals surface area contributed by atoms with Gasteiger partial charge in [-0.25, -0.2) is 9.78 Å². The van der Waals surface area contributed by atoms with Crippen molar-refractivity contribution in [2.24, 2.45) is 10.9 Å². The lowest BCUT2D eigenvalue weighted by atomic mass is 9.93. The predicted octanol–water partition coefficient (Wildman–Crippen LogP) is 4.00. The molecule has 2 rings (SSSR count). The molecule has 1 N–H and O–H groups in total. The zero-order valence-corrected chi connectivity index (χ0v) is 22.5. The van der Waals surface area contributed by atoms with Crippen molar-refractivity contribution in [3.63, 3.8) is 0 Å². The number of likely N-dealkylation sites (tertiary alicyclic amines) is 1. The van der Waals surface area contributed by atoms with Crippen LogP contribution in [0.25, 0.3) is 0 Å². The minimum atomic E-state index is -0.484. The second kappa shape index (κ2) is 12.5. The summed E-state index contributed by atoms with van der Waals surface area (Å²) in [6.45, 7) is 15.3. The van der Waals surface area contributed by atoms with Crippen LogP contribution in [0.1, 0.15) is 60.4 Å². The predicted molar refractivity (Wildman–Crippen MR) is 136 cm³/mol. The second-order valence-corrected chi connectivity index (χ2v) is 9.38. The first-order valence-corrected chi connectivity index (χ1v) is 11.0. The summed E-state index contributed by atoms with van der Waals surface area (Å²) in [5.74, 6) is 1.52. The molecule has 0 radical (unpaired) electrons. The smallest absolute Gasteiger partial charge is 0.410 e. The highest BCUT2D eigenvalue weighted by Gasteiger charge is 2.29. The van der Waals surface area contributed by atoms with Crippen LogP contribution < -0.4 is 5.32 Å². The fourth-order valence-electron chi connectivity index (χ4n) is 3.76. The number of rotatable bonds is 6. The van der Waals surface area contributed by atoms with Gasteiger partial charge in [0.05, 0.1) is 12.4 Å². The van der Waals surface area contributed by atoms with Crippen molar-refractivity contribution in [2.75, 3.05) is 33.2 Å². The molecule has 1 aliphatic heterocycles. The minimum absolute atomic E-state index is 0. The van der Waals surface area contributed by atoms with Gasteiger partial charge in [-0.2, -0.15) is 0 Å². The van der Waals surface area contributed by atoms with Gasteiger partial charge in [0.25, 0.3) is 0 Å². The first-order chi connectivity index (χ1) is 14.1. The molecule has 0 spiro atoms. The summed E-state index contributed by atoms with van der Waals surface area (Å²) >= 11 is 0. The summed E-state index contributed by atoms with van der Waals surface area (Å²) in [5.41, 5.74) is -0.484. The van der Waals surface area contributed by atoms with Crippen molar-refractivity contribution in [1.82, 2.24) is 24.7 Å². The average Bonchev–Trinajstić information content (AvgIpc) is 3.18. The SMILES string of the molecule is CN=C(NCCCN(C(=O)OC(C)(C)C)C(C)C)N1CCC(C)C(n2ccnc2)C1.I. The normalized spacial score (nSPS) is 19.7. The van der Waals surface area contributed by atoms with Crippen LogP contribution in [0.5, 0.6) is 0 Å². The number of nitrogens with zero attached hydrogens (tertiary/aromatic N) is 5. The summed E-state index contributed by atoms with van der Waals surface area (Å²) < 4.78 is 7.74. The molecule has 2 heterocycles. The van der Waals surface area contributed by atoms with Crippen molar-refractivity contribution >= 4 is 36.0 Å². The molecule has 1 aliphatic rings. The van der Waals surface area contributed by atoms with Crippen LogP contribution in [0.4, 0.5) is 4.79 Å². The molecule has 178 valence electrons. The number of nitrogens with one attached hydrogen (secondary N) is 1. The van der Waals surface area contributed by atoms with Gasteiger partial charge in [0.15, 0.2) is 5.96 Å². The van der Waals surface area contributed by atoms with E-state index in [-0.39, 0.29) is 36.1 Å². The Morgan fingerprint density at radius 1 is 1.39 bits per heavy atom. The molecule has 0 aromatic carbocycles. The van der Waals surface area contributed by atoms with Crippen LogP contribution in [0.2, 0.25) is 0 Å². The van der Waals surface area contributed by atoms with Gasteiger partial charge < -0.3 is 24.4 Å². The Kier molecular flexibility index (Phi) is 11.1. The molecule has 1 amide bonds. The molecule has 9 heteroatoms. The minimum Gasteiger partial charge on any atom is -0.444 e. The van der Waals surface area contributed by atoms with E-state index in [4.69, 9.17) is 4.74 Å². The summed E-state index contributed by atoms with van der Waals surface area (Å²) in [7, 11) is 1.83. The maximum Gasteiger partial charge on any atom is 0.410 e. The third kappa shape index (κ3) is 8.50. The number of piperidine rings is 1. The number of aliphatic imine (C=N–C) groups is 1. The summed E-state index contributed by atoms with van der Waals surface area (Å²) in [5, 5.41) is 3.47. The number of carbonyl (C=O) groups excluding carboxylic acids is 1. The van der Waals surface area contributed by atoms with Gasteiger partial charge >= 0.3 is 6.09 Å². The average molecular weight is 549 g/mol. The van der Waals surface area contributed by atoms with Crippen molar-refractivity contribution in [3.8, 4) is 0 Å². The number of aromatic nitrogens is 2. The summed E-state index contributed by atoms with van der Waals surface area (Å²) in [4.78, 5) is 25.3. The Morgan fingerprint density at radius 2 is 2.10 bits per heavy atom. The van der Waals surface area contributed by atoms with E-state index in [1.54, 1.807) is 4.90 Å². The molecule has 1 fully saturated rings. The highest BCUT2D eigenvalue weighted by atomic mass is 127. The van der Waals surface area contributed by atoms with E-state index >= 15 is 0 Å². The number of amides is 1. The molecule has 1 aromatic heterocycles. The molecule has 1 saturated heterocycles. The Bertz CT molecular complexity index is 687. The Hall–Kier alpha value is -1.52. The lowest BCUT2D eigenvalue weighted by molar-refractivity contribution is 0.0189. The highest BCUT2D eigenvalue weighted by molar-refractivity contribution is 14.0. The van der Waals surface area contributed by atoms with Gasteiger partial charge in [-0.05, 0) is 53.4 Å². The lowest BCUT2D eigenvalue weighted by Crippen LogP contribution is -2.49. The molecule has 31 heavy (non-hydrogen) atoms. The first-order valence-electron chi connectivity index (χ1n) is 11.0. The van der Waals surface area contributed by atoms with Crippen molar-refractivity contribution in [1.29, 1.82) is 0 Å². The largest absolute Gasteiger partial charge is 0.444 e. The molecule has 0 bridgehead atoms. The van der Waals surface area contributed by atoms with Crippen molar-refractivity contribution in [2.45, 2.75) is 72.1 Å². The number of ether oxygens (including phenoxy) is 1. The molecular formula is C22H41IN6O2. The first kappa shape index (κ1) is 27.5. The fraction of sp³-hybridized carbons (Fsp3) is 0.773. The van der Waals surface area contributed by atoms with Gasteiger partial charge in [0.1, 0.15) is 5.60 Å². The van der Waals surface area contributed by atoms with Crippen LogP contribution in [0.3, 0.4) is 0 Å². The Labute approximate surface area is 204 Å². The lowest BCUT2D eigenvalue weighted by Gasteiger charge is -2.39. The van der Waals surface area contributed by atoms with Crippen LogP contribution in [-0.2, 0) is 4.74 Å². The van der Waals surface area contributed by atoms with E-state index in [1.807, 2.05) is 60.4 Å². The van der Waals surface area contributed by atoms with Gasteiger partial charge in [0.2, 0.25) is 0 Å². The summed E-state index contributed by atoms with van der Waals surface area (Å²) in [6, 6.07) is 0.488. The number of guanidine groups is 1. The van der Waals surface area contributed by atoms with Gasteiger partial charge in [-0.1, -0.05) is 6.92 Å². The fourth-order valence-corrected chi connectivity index (χ4v) is 3.76. The van der Waals surface area contributed by atoms with Crippen LogP contribution >= 0.6 is 24.0 Å². The third-order valence-corrected chi connectivity index (χ3v) is 5.45. The topological polar surface area (TPSA) is 75.0 Å². The van der Waals surface area contributed by atoms with Crippen molar-refractivity contribution in [3.05, 3.63) is 18.7 Å². The zero-order chi connectivity index (χ0) is 22.3. The molecule has 0 aliphatic carbocycles.